The number of unbranched alkanes of at least 4 members (excludes halogenated alkanes) is 1. The molecule has 0 bridgehead atoms. The molecule has 1 N–H and O–H groups in total. The molecule has 0 aliphatic heterocycles. The van der Waals surface area contributed by atoms with Gasteiger partial charge in [-0.15, -0.1) is 0 Å². The molecule has 1 heterocycles. The lowest BCUT2D eigenvalue weighted by atomic mass is 9.93. The molecule has 0 amide bonds. The summed E-state index contributed by atoms with van der Waals surface area (Å²) in [6.45, 7) is 4.30. The third-order valence-corrected chi connectivity index (χ3v) is 2.98. The topological polar surface area (TPSA) is 45.5 Å². The summed E-state index contributed by atoms with van der Waals surface area (Å²) in [5.74, 6) is 0.374. The molecule has 0 radical (unpaired) electrons. The normalized spacial score (nSPS) is 13.2. The second-order valence-electron chi connectivity index (χ2n) is 3.91. The summed E-state index contributed by atoms with van der Waals surface area (Å²) in [5.41, 5.74) is 1.81. The van der Waals surface area contributed by atoms with Crippen LogP contribution in [0, 0.1) is 0 Å². The molecule has 1 aromatic rings. The Hall–Kier alpha value is -1.09. The van der Waals surface area contributed by atoms with Crippen LogP contribution in [0.2, 0.25) is 5.02 Å². The molecule has 0 spiro atoms. The van der Waals surface area contributed by atoms with E-state index in [4.69, 9.17) is 16.8 Å². The first-order chi connectivity index (χ1) is 7.70. The van der Waals surface area contributed by atoms with E-state index in [9.17, 15) is 0 Å². The SMILES string of the molecule is CCCCC(C)c1cncc(Cl)c1/C=N/O. The van der Waals surface area contributed by atoms with Crippen LogP contribution in [-0.4, -0.2) is 16.4 Å². The van der Waals surface area contributed by atoms with Gasteiger partial charge in [0.2, 0.25) is 0 Å². The summed E-state index contributed by atoms with van der Waals surface area (Å²) in [6.07, 6.45) is 8.16. The average molecular weight is 241 g/mol. The average Bonchev–Trinajstić information content (AvgIpc) is 2.29. The van der Waals surface area contributed by atoms with Crippen molar-refractivity contribution in [2.75, 3.05) is 0 Å². The Morgan fingerprint density at radius 2 is 2.31 bits per heavy atom. The predicted molar refractivity (Wildman–Crippen MR) is 66.6 cm³/mol. The van der Waals surface area contributed by atoms with Gasteiger partial charge in [0, 0.05) is 18.0 Å². The van der Waals surface area contributed by atoms with Crippen LogP contribution in [0.1, 0.15) is 50.2 Å². The number of pyridine rings is 1. The minimum Gasteiger partial charge on any atom is -0.411 e. The van der Waals surface area contributed by atoms with E-state index in [1.54, 1.807) is 12.4 Å². The number of oxime groups is 1. The van der Waals surface area contributed by atoms with Gasteiger partial charge in [-0.25, -0.2) is 0 Å². The lowest BCUT2D eigenvalue weighted by molar-refractivity contribution is 0.322. The van der Waals surface area contributed by atoms with Gasteiger partial charge in [-0.3, -0.25) is 4.98 Å². The van der Waals surface area contributed by atoms with Crippen molar-refractivity contribution in [3.05, 3.63) is 28.5 Å². The van der Waals surface area contributed by atoms with Gasteiger partial charge in [0.05, 0.1) is 11.2 Å². The second kappa shape index (κ2) is 6.48. The molecule has 0 saturated carbocycles. The van der Waals surface area contributed by atoms with Gasteiger partial charge >= 0.3 is 0 Å². The van der Waals surface area contributed by atoms with Crippen molar-refractivity contribution in [2.45, 2.75) is 39.0 Å². The zero-order valence-electron chi connectivity index (χ0n) is 9.65. The van der Waals surface area contributed by atoms with Crippen molar-refractivity contribution >= 4 is 17.8 Å². The molecule has 0 fully saturated rings. The Bertz CT molecular complexity index is 366. The number of rotatable bonds is 5. The van der Waals surface area contributed by atoms with E-state index in [0.717, 1.165) is 17.5 Å². The van der Waals surface area contributed by atoms with E-state index < -0.39 is 0 Å². The highest BCUT2D eigenvalue weighted by Crippen LogP contribution is 2.27. The molecule has 0 saturated heterocycles. The molecule has 0 aromatic carbocycles. The maximum absolute atomic E-state index is 8.62. The van der Waals surface area contributed by atoms with Crippen molar-refractivity contribution in [1.82, 2.24) is 4.98 Å². The van der Waals surface area contributed by atoms with E-state index in [1.165, 1.54) is 19.1 Å². The first-order valence-corrected chi connectivity index (χ1v) is 5.89. The third-order valence-electron chi connectivity index (χ3n) is 2.68. The largest absolute Gasteiger partial charge is 0.411 e. The molecule has 4 heteroatoms. The molecule has 0 aliphatic carbocycles. The van der Waals surface area contributed by atoms with Crippen LogP contribution in [0.5, 0.6) is 0 Å². The Morgan fingerprint density at radius 1 is 1.56 bits per heavy atom. The monoisotopic (exact) mass is 240 g/mol. The summed E-state index contributed by atoms with van der Waals surface area (Å²) in [6, 6.07) is 0. The number of aromatic nitrogens is 1. The Morgan fingerprint density at radius 3 is 2.94 bits per heavy atom. The van der Waals surface area contributed by atoms with E-state index in [-0.39, 0.29) is 0 Å². The van der Waals surface area contributed by atoms with Gasteiger partial charge in [0.1, 0.15) is 0 Å². The van der Waals surface area contributed by atoms with Crippen LogP contribution < -0.4 is 0 Å². The van der Waals surface area contributed by atoms with Crippen LogP contribution in [0.4, 0.5) is 0 Å². The predicted octanol–water partition coefficient (Wildman–Crippen LogP) is 3.84. The van der Waals surface area contributed by atoms with Gasteiger partial charge in [-0.05, 0) is 17.9 Å². The zero-order chi connectivity index (χ0) is 12.0. The minimum atomic E-state index is 0.374. The highest BCUT2D eigenvalue weighted by atomic mass is 35.5. The molecule has 1 atom stereocenters. The quantitative estimate of drug-likeness (QED) is 0.483. The second-order valence-corrected chi connectivity index (χ2v) is 4.32. The molecular formula is C12H17ClN2O. The number of halogens is 1. The van der Waals surface area contributed by atoms with Gasteiger partial charge < -0.3 is 5.21 Å². The van der Waals surface area contributed by atoms with Gasteiger partial charge in [-0.1, -0.05) is 43.4 Å². The van der Waals surface area contributed by atoms with Gasteiger partial charge in [0.15, 0.2) is 0 Å². The zero-order valence-corrected chi connectivity index (χ0v) is 10.4. The molecule has 88 valence electrons. The highest BCUT2D eigenvalue weighted by Gasteiger charge is 2.12. The first kappa shape index (κ1) is 13.0. The fourth-order valence-corrected chi connectivity index (χ4v) is 1.93. The van der Waals surface area contributed by atoms with Crippen LogP contribution in [0.3, 0.4) is 0 Å². The van der Waals surface area contributed by atoms with E-state index in [2.05, 4.69) is 24.0 Å². The maximum atomic E-state index is 8.62. The van der Waals surface area contributed by atoms with Crippen molar-refractivity contribution in [3.8, 4) is 0 Å². The Labute approximate surface area is 101 Å². The smallest absolute Gasteiger partial charge is 0.0752 e. The Balaban J connectivity index is 2.97. The Kier molecular flexibility index (Phi) is 5.26. The minimum absolute atomic E-state index is 0.374. The summed E-state index contributed by atoms with van der Waals surface area (Å²) in [5, 5.41) is 12.2. The number of nitrogens with zero attached hydrogens (tertiary/aromatic N) is 2. The number of hydrogen-bond donors (Lipinski definition) is 1. The standard InChI is InChI=1S/C12H17ClN2O/c1-3-4-5-9(2)10-6-14-8-12(13)11(10)7-15-16/h6-9,16H,3-5H2,1-2H3/b15-7+. The summed E-state index contributed by atoms with van der Waals surface area (Å²) in [4.78, 5) is 4.08. The van der Waals surface area contributed by atoms with E-state index in [1.807, 2.05) is 0 Å². The van der Waals surface area contributed by atoms with E-state index >= 15 is 0 Å². The fraction of sp³-hybridized carbons (Fsp3) is 0.500. The van der Waals surface area contributed by atoms with Crippen LogP contribution in [-0.2, 0) is 0 Å². The van der Waals surface area contributed by atoms with Crippen LogP contribution in [0.25, 0.3) is 0 Å². The first-order valence-electron chi connectivity index (χ1n) is 5.51. The molecule has 3 nitrogen and oxygen atoms in total. The maximum Gasteiger partial charge on any atom is 0.0752 e. The lowest BCUT2D eigenvalue weighted by Gasteiger charge is -2.14. The number of hydrogen-bond acceptors (Lipinski definition) is 3. The molecule has 1 aromatic heterocycles. The summed E-state index contributed by atoms with van der Waals surface area (Å²) >= 11 is 6.02. The van der Waals surface area contributed by atoms with Crippen molar-refractivity contribution in [1.29, 1.82) is 0 Å². The van der Waals surface area contributed by atoms with Crippen LogP contribution in [0.15, 0.2) is 17.5 Å². The molecule has 1 rings (SSSR count). The third kappa shape index (κ3) is 3.20. The van der Waals surface area contributed by atoms with Crippen molar-refractivity contribution in [3.63, 3.8) is 0 Å². The molecule has 0 aliphatic rings. The summed E-state index contributed by atoms with van der Waals surface area (Å²) < 4.78 is 0. The molecular weight excluding hydrogens is 224 g/mol. The van der Waals surface area contributed by atoms with Gasteiger partial charge in [0.25, 0.3) is 0 Å². The van der Waals surface area contributed by atoms with E-state index in [0.29, 0.717) is 10.9 Å². The van der Waals surface area contributed by atoms with Crippen molar-refractivity contribution < 1.29 is 5.21 Å². The fourth-order valence-electron chi connectivity index (χ4n) is 1.71. The van der Waals surface area contributed by atoms with Crippen molar-refractivity contribution in [2.24, 2.45) is 5.16 Å². The van der Waals surface area contributed by atoms with Gasteiger partial charge in [-0.2, -0.15) is 0 Å². The molecule has 16 heavy (non-hydrogen) atoms. The van der Waals surface area contributed by atoms with Crippen LogP contribution >= 0.6 is 11.6 Å². The summed E-state index contributed by atoms with van der Waals surface area (Å²) in [7, 11) is 0. The highest BCUT2D eigenvalue weighted by molar-refractivity contribution is 6.33. The molecule has 1 unspecified atom stereocenters. The lowest BCUT2D eigenvalue weighted by Crippen LogP contribution is -2.01.